The van der Waals surface area contributed by atoms with Crippen LogP contribution in [0.4, 0.5) is 10.1 Å². The smallest absolute Gasteiger partial charge is 0.306 e. The number of aliphatic carboxylic acids is 1. The average molecular weight is 251 g/mol. The number of hydrogen-bond donors (Lipinski definition) is 2. The van der Waals surface area contributed by atoms with E-state index in [0.29, 0.717) is 18.4 Å². The minimum Gasteiger partial charge on any atom is -0.481 e. The van der Waals surface area contributed by atoms with Crippen molar-refractivity contribution in [2.75, 3.05) is 5.32 Å². The molecule has 1 aromatic rings. The van der Waals surface area contributed by atoms with Gasteiger partial charge in [0.15, 0.2) is 0 Å². The fourth-order valence-corrected chi connectivity index (χ4v) is 2.47. The molecule has 0 aromatic heterocycles. The normalized spacial score (nSPS) is 23.7. The van der Waals surface area contributed by atoms with Gasteiger partial charge in [0, 0.05) is 17.3 Å². The maximum Gasteiger partial charge on any atom is 0.306 e. The summed E-state index contributed by atoms with van der Waals surface area (Å²) in [5.74, 6) is -1.12. The summed E-state index contributed by atoms with van der Waals surface area (Å²) in [6.07, 6.45) is 3.04. The van der Waals surface area contributed by atoms with Crippen molar-refractivity contribution in [1.82, 2.24) is 0 Å². The fraction of sp³-hybridized carbons (Fsp3) is 0.500. The van der Waals surface area contributed by atoms with E-state index in [2.05, 4.69) is 5.32 Å². The zero-order chi connectivity index (χ0) is 13.1. The van der Waals surface area contributed by atoms with E-state index in [1.807, 2.05) is 6.07 Å². The van der Waals surface area contributed by atoms with Crippen LogP contribution in [0.15, 0.2) is 18.2 Å². The topological polar surface area (TPSA) is 49.3 Å². The van der Waals surface area contributed by atoms with E-state index in [1.165, 1.54) is 6.07 Å². The molecule has 98 valence electrons. The van der Waals surface area contributed by atoms with Gasteiger partial charge >= 0.3 is 5.97 Å². The maximum absolute atomic E-state index is 13.4. The molecule has 0 amide bonds. The third kappa shape index (κ3) is 2.81. The van der Waals surface area contributed by atoms with Crippen LogP contribution in [0.25, 0.3) is 0 Å². The molecular weight excluding hydrogens is 233 g/mol. The van der Waals surface area contributed by atoms with Gasteiger partial charge < -0.3 is 10.4 Å². The quantitative estimate of drug-likeness (QED) is 0.867. The maximum atomic E-state index is 13.4. The Labute approximate surface area is 106 Å². The molecule has 4 heteroatoms. The zero-order valence-electron chi connectivity index (χ0n) is 10.4. The van der Waals surface area contributed by atoms with Crippen molar-refractivity contribution in [1.29, 1.82) is 0 Å². The van der Waals surface area contributed by atoms with E-state index in [9.17, 15) is 9.18 Å². The lowest BCUT2D eigenvalue weighted by Crippen LogP contribution is -2.29. The molecule has 0 bridgehead atoms. The number of halogens is 1. The lowest BCUT2D eigenvalue weighted by molar-refractivity contribution is -0.142. The van der Waals surface area contributed by atoms with E-state index in [4.69, 9.17) is 5.11 Å². The Morgan fingerprint density at radius 1 is 1.33 bits per heavy atom. The van der Waals surface area contributed by atoms with E-state index in [0.717, 1.165) is 18.5 Å². The van der Waals surface area contributed by atoms with Crippen molar-refractivity contribution in [3.05, 3.63) is 29.6 Å². The van der Waals surface area contributed by atoms with E-state index < -0.39 is 5.97 Å². The number of anilines is 1. The fourth-order valence-electron chi connectivity index (χ4n) is 2.47. The second kappa shape index (κ2) is 5.38. The predicted molar refractivity (Wildman–Crippen MR) is 68.1 cm³/mol. The van der Waals surface area contributed by atoms with Gasteiger partial charge in [0.25, 0.3) is 0 Å². The number of nitrogens with one attached hydrogen (secondary N) is 1. The van der Waals surface area contributed by atoms with Crippen LogP contribution >= 0.6 is 0 Å². The summed E-state index contributed by atoms with van der Waals surface area (Å²) in [7, 11) is 0. The van der Waals surface area contributed by atoms with Gasteiger partial charge in [-0.05, 0) is 44.7 Å². The van der Waals surface area contributed by atoms with Gasteiger partial charge in [-0.1, -0.05) is 6.07 Å². The minimum atomic E-state index is -0.699. The van der Waals surface area contributed by atoms with Gasteiger partial charge in [-0.2, -0.15) is 0 Å². The highest BCUT2D eigenvalue weighted by atomic mass is 19.1. The molecule has 1 aromatic carbocycles. The molecule has 0 heterocycles. The molecule has 1 aliphatic carbocycles. The first kappa shape index (κ1) is 12.9. The van der Waals surface area contributed by atoms with Crippen LogP contribution in [-0.2, 0) is 4.79 Å². The Bertz CT molecular complexity index is 439. The SMILES string of the molecule is Cc1c(F)cccc1NC1CCC(C(=O)O)CC1. The molecule has 1 aliphatic rings. The monoisotopic (exact) mass is 251 g/mol. The first-order chi connectivity index (χ1) is 8.58. The Balaban J connectivity index is 1.96. The zero-order valence-corrected chi connectivity index (χ0v) is 10.4. The van der Waals surface area contributed by atoms with Gasteiger partial charge in [-0.3, -0.25) is 4.79 Å². The van der Waals surface area contributed by atoms with Crippen molar-refractivity contribution in [3.63, 3.8) is 0 Å². The number of rotatable bonds is 3. The highest BCUT2D eigenvalue weighted by molar-refractivity contribution is 5.70. The second-order valence-corrected chi connectivity index (χ2v) is 4.94. The molecule has 0 aliphatic heterocycles. The van der Waals surface area contributed by atoms with Crippen LogP contribution in [0.1, 0.15) is 31.2 Å². The molecule has 0 saturated heterocycles. The summed E-state index contributed by atoms with van der Waals surface area (Å²) in [5, 5.41) is 12.2. The number of hydrogen-bond acceptors (Lipinski definition) is 2. The highest BCUT2D eigenvalue weighted by Gasteiger charge is 2.25. The number of carboxylic acid groups (broad SMARTS) is 1. The van der Waals surface area contributed by atoms with Crippen molar-refractivity contribution in [2.24, 2.45) is 5.92 Å². The molecule has 1 fully saturated rings. The predicted octanol–water partition coefficient (Wildman–Crippen LogP) is 3.19. The number of benzene rings is 1. The van der Waals surface area contributed by atoms with Crippen LogP contribution in [0, 0.1) is 18.7 Å². The van der Waals surface area contributed by atoms with Crippen molar-refractivity contribution in [3.8, 4) is 0 Å². The molecule has 0 atom stereocenters. The highest BCUT2D eigenvalue weighted by Crippen LogP contribution is 2.28. The summed E-state index contributed by atoms with van der Waals surface area (Å²) in [5.41, 5.74) is 1.44. The Hall–Kier alpha value is -1.58. The summed E-state index contributed by atoms with van der Waals surface area (Å²) in [6, 6.07) is 5.25. The molecular formula is C14H18FNO2. The third-order valence-corrected chi connectivity index (χ3v) is 3.70. The largest absolute Gasteiger partial charge is 0.481 e. The Kier molecular flexibility index (Phi) is 3.84. The molecule has 1 saturated carbocycles. The Morgan fingerprint density at radius 2 is 2.00 bits per heavy atom. The average Bonchev–Trinajstić information content (AvgIpc) is 2.36. The van der Waals surface area contributed by atoms with Crippen molar-refractivity contribution >= 4 is 11.7 Å². The molecule has 2 rings (SSSR count). The van der Waals surface area contributed by atoms with E-state index >= 15 is 0 Å². The molecule has 0 radical (unpaired) electrons. The number of carboxylic acids is 1. The molecule has 0 unspecified atom stereocenters. The summed E-state index contributed by atoms with van der Waals surface area (Å²) in [6.45, 7) is 1.75. The second-order valence-electron chi connectivity index (χ2n) is 4.94. The summed E-state index contributed by atoms with van der Waals surface area (Å²) >= 11 is 0. The van der Waals surface area contributed by atoms with Crippen LogP contribution in [0.3, 0.4) is 0 Å². The first-order valence-corrected chi connectivity index (χ1v) is 6.32. The van der Waals surface area contributed by atoms with Gasteiger partial charge in [-0.15, -0.1) is 0 Å². The van der Waals surface area contributed by atoms with Crippen LogP contribution in [0.5, 0.6) is 0 Å². The van der Waals surface area contributed by atoms with E-state index in [1.54, 1.807) is 13.0 Å². The molecule has 3 nitrogen and oxygen atoms in total. The third-order valence-electron chi connectivity index (χ3n) is 3.70. The standard InChI is InChI=1S/C14H18FNO2/c1-9-12(15)3-2-4-13(9)16-11-7-5-10(6-8-11)14(17)18/h2-4,10-11,16H,5-8H2,1H3,(H,17,18). The first-order valence-electron chi connectivity index (χ1n) is 6.32. The Morgan fingerprint density at radius 3 is 2.61 bits per heavy atom. The molecule has 2 N–H and O–H groups in total. The van der Waals surface area contributed by atoms with Crippen molar-refractivity contribution < 1.29 is 14.3 Å². The molecule has 0 spiro atoms. The van der Waals surface area contributed by atoms with E-state index in [-0.39, 0.29) is 17.8 Å². The lowest BCUT2D eigenvalue weighted by atomic mass is 9.86. The van der Waals surface area contributed by atoms with Crippen LogP contribution < -0.4 is 5.32 Å². The lowest BCUT2D eigenvalue weighted by Gasteiger charge is -2.28. The van der Waals surface area contributed by atoms with Crippen LogP contribution in [0.2, 0.25) is 0 Å². The van der Waals surface area contributed by atoms with Gasteiger partial charge in [0.1, 0.15) is 5.82 Å². The molecule has 18 heavy (non-hydrogen) atoms. The summed E-state index contributed by atoms with van der Waals surface area (Å²) < 4.78 is 13.4. The van der Waals surface area contributed by atoms with Crippen molar-refractivity contribution in [2.45, 2.75) is 38.6 Å². The van der Waals surface area contributed by atoms with Gasteiger partial charge in [-0.25, -0.2) is 4.39 Å². The van der Waals surface area contributed by atoms with Crippen LogP contribution in [-0.4, -0.2) is 17.1 Å². The van der Waals surface area contributed by atoms with Gasteiger partial charge in [0.2, 0.25) is 0 Å². The summed E-state index contributed by atoms with van der Waals surface area (Å²) in [4.78, 5) is 10.8. The van der Waals surface area contributed by atoms with Gasteiger partial charge in [0.05, 0.1) is 5.92 Å². The minimum absolute atomic E-state index is 0.209. The number of carbonyl (C=O) groups is 1.